The lowest BCUT2D eigenvalue weighted by atomic mass is 10.3. The number of aryl methyl sites for hydroxylation is 1. The maximum atomic E-state index is 6.10. The minimum atomic E-state index is 0.405. The van der Waals surface area contributed by atoms with Crippen LogP contribution in [-0.4, -0.2) is 17.1 Å². The topological polar surface area (TPSA) is 35.0 Å². The molecule has 0 radical (unpaired) electrons. The molecule has 0 spiro atoms. The number of methoxy groups -OCH3 is 1. The summed E-state index contributed by atoms with van der Waals surface area (Å²) in [5.41, 5.74) is 0.763. The highest BCUT2D eigenvalue weighted by atomic mass is 79.9. The Morgan fingerprint density at radius 3 is 2.78 bits per heavy atom. The average Bonchev–Trinajstić information content (AvgIpc) is 2.83. The van der Waals surface area contributed by atoms with Crippen molar-refractivity contribution >= 4 is 38.9 Å². The second-order valence-corrected chi connectivity index (χ2v) is 5.97. The molecule has 3 nitrogen and oxygen atoms in total. The molecule has 0 bridgehead atoms. The van der Waals surface area contributed by atoms with Crippen LogP contribution in [0.4, 0.5) is 0 Å². The molecule has 2 heterocycles. The second-order valence-electron chi connectivity index (χ2n) is 3.65. The molecule has 0 fully saturated rings. The van der Waals surface area contributed by atoms with Gasteiger partial charge in [0.2, 0.25) is 0 Å². The van der Waals surface area contributed by atoms with E-state index in [1.165, 1.54) is 4.88 Å². The number of rotatable bonds is 4. The van der Waals surface area contributed by atoms with Crippen LogP contribution < -0.4 is 0 Å². The molecule has 0 aliphatic carbocycles. The summed E-state index contributed by atoms with van der Waals surface area (Å²) in [5, 5.41) is 0.415. The minimum Gasteiger partial charge on any atom is -0.378 e. The van der Waals surface area contributed by atoms with Crippen molar-refractivity contribution in [2.75, 3.05) is 7.11 Å². The number of nitrogens with zero attached hydrogens (tertiary/aromatic N) is 2. The number of hydrogen-bond donors (Lipinski definition) is 0. The van der Waals surface area contributed by atoms with Crippen molar-refractivity contribution in [2.45, 2.75) is 20.0 Å². The summed E-state index contributed by atoms with van der Waals surface area (Å²) in [6.45, 7) is 2.53. The molecule has 0 saturated carbocycles. The zero-order valence-corrected chi connectivity index (χ0v) is 13.2. The third kappa shape index (κ3) is 2.91. The first-order valence-corrected chi connectivity index (χ1v) is 7.44. The minimum absolute atomic E-state index is 0.405. The van der Waals surface area contributed by atoms with E-state index in [2.05, 4.69) is 38.9 Å². The molecule has 0 amide bonds. The predicted molar refractivity (Wildman–Crippen MR) is 78.1 cm³/mol. The zero-order chi connectivity index (χ0) is 13.1. The van der Waals surface area contributed by atoms with Crippen LogP contribution in [-0.2, 0) is 17.8 Å². The molecular formula is C12H12BrClN2OS. The second kappa shape index (κ2) is 6.10. The van der Waals surface area contributed by atoms with Crippen molar-refractivity contribution in [3.05, 3.63) is 32.3 Å². The first-order chi connectivity index (χ1) is 8.65. The quantitative estimate of drug-likeness (QED) is 0.772. The maximum Gasteiger partial charge on any atom is 0.171 e. The fourth-order valence-corrected chi connectivity index (χ4v) is 2.86. The van der Waals surface area contributed by atoms with Crippen LogP contribution in [0.3, 0.4) is 0 Å². The fourth-order valence-electron chi connectivity index (χ4n) is 1.49. The van der Waals surface area contributed by atoms with Crippen LogP contribution >= 0.6 is 38.9 Å². The average molecular weight is 348 g/mol. The summed E-state index contributed by atoms with van der Waals surface area (Å²) in [6.07, 6.45) is 1.01. The van der Waals surface area contributed by atoms with E-state index >= 15 is 0 Å². The highest BCUT2D eigenvalue weighted by Gasteiger charge is 2.13. The number of hydrogen-bond acceptors (Lipinski definition) is 4. The number of ether oxygens (including phenoxy) is 1. The lowest BCUT2D eigenvalue weighted by Crippen LogP contribution is -1.99. The number of aromatic nitrogens is 2. The smallest absolute Gasteiger partial charge is 0.171 e. The van der Waals surface area contributed by atoms with Gasteiger partial charge in [-0.2, -0.15) is 0 Å². The molecule has 0 saturated heterocycles. The van der Waals surface area contributed by atoms with Crippen LogP contribution in [0.1, 0.15) is 17.5 Å². The molecule has 6 heteroatoms. The summed E-state index contributed by atoms with van der Waals surface area (Å²) in [7, 11) is 1.63. The van der Waals surface area contributed by atoms with Crippen molar-refractivity contribution in [1.82, 2.24) is 9.97 Å². The van der Waals surface area contributed by atoms with Gasteiger partial charge in [0, 0.05) is 12.0 Å². The Balaban J connectivity index is 2.44. The Labute approximate surface area is 123 Å². The van der Waals surface area contributed by atoms with Crippen LogP contribution in [0.25, 0.3) is 10.7 Å². The van der Waals surface area contributed by atoms with Gasteiger partial charge in [0.25, 0.3) is 0 Å². The van der Waals surface area contributed by atoms with Gasteiger partial charge in [-0.1, -0.05) is 18.5 Å². The normalized spacial score (nSPS) is 10.9. The Hall–Kier alpha value is -0.490. The van der Waals surface area contributed by atoms with Crippen LogP contribution in [0.2, 0.25) is 5.15 Å². The largest absolute Gasteiger partial charge is 0.378 e. The van der Waals surface area contributed by atoms with Gasteiger partial charge in [-0.15, -0.1) is 11.3 Å². The molecule has 18 heavy (non-hydrogen) atoms. The summed E-state index contributed by atoms with van der Waals surface area (Å²) in [4.78, 5) is 11.1. The maximum absolute atomic E-state index is 6.10. The van der Waals surface area contributed by atoms with E-state index < -0.39 is 0 Å². The van der Waals surface area contributed by atoms with E-state index in [-0.39, 0.29) is 0 Å². The van der Waals surface area contributed by atoms with Crippen LogP contribution in [0.15, 0.2) is 16.6 Å². The predicted octanol–water partition coefficient (Wildman–Crippen LogP) is 4.33. The first kappa shape index (κ1) is 13.9. The summed E-state index contributed by atoms with van der Waals surface area (Å²) < 4.78 is 5.80. The van der Waals surface area contributed by atoms with Gasteiger partial charge in [0.15, 0.2) is 5.82 Å². The summed E-state index contributed by atoms with van der Waals surface area (Å²) in [5.74, 6) is 0.653. The molecule has 0 aromatic carbocycles. The van der Waals surface area contributed by atoms with E-state index in [9.17, 15) is 0 Å². The molecule has 0 aliphatic heterocycles. The van der Waals surface area contributed by atoms with Crippen molar-refractivity contribution in [2.24, 2.45) is 0 Å². The standard InChI is InChI=1S/C12H12BrClN2OS/c1-3-7-4-5-9(18-7)12-15-8(6-17-2)10(13)11(14)16-12/h4-5H,3,6H2,1-2H3. The Kier molecular flexibility index (Phi) is 4.72. The Morgan fingerprint density at radius 1 is 1.39 bits per heavy atom. The molecular weight excluding hydrogens is 336 g/mol. The monoisotopic (exact) mass is 346 g/mol. The Bertz CT molecular complexity index is 559. The molecule has 0 N–H and O–H groups in total. The third-order valence-electron chi connectivity index (χ3n) is 2.39. The lowest BCUT2D eigenvalue weighted by Gasteiger charge is -2.06. The van der Waals surface area contributed by atoms with E-state index in [0.717, 1.165) is 17.0 Å². The highest BCUT2D eigenvalue weighted by Crippen LogP contribution is 2.30. The molecule has 2 aromatic rings. The molecule has 0 unspecified atom stereocenters. The summed E-state index contributed by atoms with van der Waals surface area (Å²) in [6, 6.07) is 4.12. The number of thiophene rings is 1. The van der Waals surface area contributed by atoms with E-state index in [1.807, 2.05) is 6.07 Å². The first-order valence-electron chi connectivity index (χ1n) is 5.45. The van der Waals surface area contributed by atoms with Crippen molar-refractivity contribution in [3.8, 4) is 10.7 Å². The van der Waals surface area contributed by atoms with Gasteiger partial charge < -0.3 is 4.74 Å². The number of halogens is 2. The van der Waals surface area contributed by atoms with E-state index in [0.29, 0.717) is 22.1 Å². The van der Waals surface area contributed by atoms with Gasteiger partial charge in [-0.25, -0.2) is 9.97 Å². The van der Waals surface area contributed by atoms with Gasteiger partial charge in [0.1, 0.15) is 5.15 Å². The Morgan fingerprint density at radius 2 is 2.17 bits per heavy atom. The summed E-state index contributed by atoms with van der Waals surface area (Å²) >= 11 is 11.2. The van der Waals surface area contributed by atoms with Crippen LogP contribution in [0.5, 0.6) is 0 Å². The van der Waals surface area contributed by atoms with Gasteiger partial charge >= 0.3 is 0 Å². The lowest BCUT2D eigenvalue weighted by molar-refractivity contribution is 0.181. The molecule has 2 rings (SSSR count). The fraction of sp³-hybridized carbons (Fsp3) is 0.333. The van der Waals surface area contributed by atoms with Crippen molar-refractivity contribution in [3.63, 3.8) is 0 Å². The van der Waals surface area contributed by atoms with E-state index in [4.69, 9.17) is 16.3 Å². The molecule has 0 aliphatic rings. The van der Waals surface area contributed by atoms with E-state index in [1.54, 1.807) is 18.4 Å². The highest BCUT2D eigenvalue weighted by molar-refractivity contribution is 9.10. The molecule has 96 valence electrons. The van der Waals surface area contributed by atoms with Crippen LogP contribution in [0, 0.1) is 0 Å². The SMILES string of the molecule is CCc1ccc(-c2nc(Cl)c(Br)c(COC)n2)s1. The molecule has 2 aromatic heterocycles. The van der Waals surface area contributed by atoms with Crippen molar-refractivity contribution < 1.29 is 4.74 Å². The van der Waals surface area contributed by atoms with Crippen molar-refractivity contribution in [1.29, 1.82) is 0 Å². The third-order valence-corrected chi connectivity index (χ3v) is 4.95. The zero-order valence-electron chi connectivity index (χ0n) is 10.0. The van der Waals surface area contributed by atoms with Gasteiger partial charge in [0.05, 0.1) is 21.7 Å². The van der Waals surface area contributed by atoms with Gasteiger partial charge in [-0.3, -0.25) is 0 Å². The molecule has 0 atom stereocenters. The van der Waals surface area contributed by atoms with Gasteiger partial charge in [-0.05, 0) is 34.5 Å².